The Morgan fingerprint density at radius 1 is 1.09 bits per heavy atom. The summed E-state index contributed by atoms with van der Waals surface area (Å²) in [7, 11) is -3.62. The number of amides is 2. The van der Waals surface area contributed by atoms with Gasteiger partial charge in [-0.15, -0.1) is 0 Å². The first kappa shape index (κ1) is 23.9. The normalized spacial score (nSPS) is 15.7. The first-order chi connectivity index (χ1) is 15.2. The van der Waals surface area contributed by atoms with Crippen molar-refractivity contribution in [3.05, 3.63) is 59.2 Å². The maximum absolute atomic E-state index is 12.9. The van der Waals surface area contributed by atoms with E-state index in [9.17, 15) is 18.0 Å². The number of nitrogens with zero attached hydrogens (tertiary/aromatic N) is 2. The molecule has 1 atom stereocenters. The Balaban J connectivity index is 1.76. The van der Waals surface area contributed by atoms with Crippen molar-refractivity contribution in [1.82, 2.24) is 9.62 Å². The molecule has 0 saturated heterocycles. The quantitative estimate of drug-likeness (QED) is 0.660. The van der Waals surface area contributed by atoms with Gasteiger partial charge in [-0.25, -0.2) is 8.42 Å². The summed E-state index contributed by atoms with van der Waals surface area (Å²) in [6, 6.07) is 12.2. The van der Waals surface area contributed by atoms with E-state index in [1.165, 1.54) is 27.8 Å². The van der Waals surface area contributed by atoms with Gasteiger partial charge >= 0.3 is 0 Å². The highest BCUT2D eigenvalue weighted by Gasteiger charge is 2.37. The van der Waals surface area contributed by atoms with Crippen molar-refractivity contribution < 1.29 is 18.0 Å². The highest BCUT2D eigenvalue weighted by atomic mass is 32.2. The molecule has 2 amide bonds. The van der Waals surface area contributed by atoms with Gasteiger partial charge in [0.2, 0.25) is 21.8 Å². The van der Waals surface area contributed by atoms with Gasteiger partial charge in [0.05, 0.1) is 4.90 Å². The van der Waals surface area contributed by atoms with Gasteiger partial charge in [0.1, 0.15) is 6.04 Å². The fourth-order valence-corrected chi connectivity index (χ4v) is 5.61. The van der Waals surface area contributed by atoms with Crippen LogP contribution in [0.25, 0.3) is 0 Å². The number of sulfonamides is 1. The molecule has 0 fully saturated rings. The number of aryl methyl sites for hydroxylation is 1. The van der Waals surface area contributed by atoms with Crippen LogP contribution >= 0.6 is 0 Å². The fraction of sp³-hybridized carbons (Fsp3) is 0.417. The second-order valence-corrected chi connectivity index (χ2v) is 9.95. The summed E-state index contributed by atoms with van der Waals surface area (Å²) in [6.45, 7) is 8.25. The summed E-state index contributed by atoms with van der Waals surface area (Å²) >= 11 is 0. The summed E-state index contributed by atoms with van der Waals surface area (Å²) in [4.78, 5) is 26.9. The standard InChI is InChI=1S/C24H31N3O4S/c1-5-26(6-2)32(30,31)21-11-12-22-20(15-21)16-23(27(22)18(4)28)24(29)25-14-13-19-9-7-17(3)8-10-19/h7-12,15,23H,5-6,13-14,16H2,1-4H3,(H,25,29)/t23-/m0/s1. The Morgan fingerprint density at radius 2 is 1.75 bits per heavy atom. The van der Waals surface area contributed by atoms with E-state index in [1.807, 2.05) is 31.2 Å². The van der Waals surface area contributed by atoms with Crippen molar-refractivity contribution in [2.75, 3.05) is 24.5 Å². The third-order valence-electron chi connectivity index (χ3n) is 5.85. The van der Waals surface area contributed by atoms with E-state index in [0.29, 0.717) is 37.3 Å². The van der Waals surface area contributed by atoms with Crippen molar-refractivity contribution in [3.63, 3.8) is 0 Å². The van der Waals surface area contributed by atoms with Crippen molar-refractivity contribution in [2.24, 2.45) is 0 Å². The molecule has 2 aromatic carbocycles. The Morgan fingerprint density at radius 3 is 2.34 bits per heavy atom. The topological polar surface area (TPSA) is 86.8 Å². The molecular formula is C24H31N3O4S. The largest absolute Gasteiger partial charge is 0.354 e. The van der Waals surface area contributed by atoms with Gasteiger partial charge in [-0.3, -0.25) is 14.5 Å². The van der Waals surface area contributed by atoms with Gasteiger partial charge in [0, 0.05) is 38.7 Å². The van der Waals surface area contributed by atoms with E-state index in [2.05, 4.69) is 5.32 Å². The molecule has 0 unspecified atom stereocenters. The molecule has 7 nitrogen and oxygen atoms in total. The van der Waals surface area contributed by atoms with Crippen LogP contribution in [-0.4, -0.2) is 50.2 Å². The summed E-state index contributed by atoms with van der Waals surface area (Å²) < 4.78 is 27.2. The Labute approximate surface area is 190 Å². The van der Waals surface area contributed by atoms with Crippen LogP contribution in [0.2, 0.25) is 0 Å². The molecule has 1 N–H and O–H groups in total. The second kappa shape index (κ2) is 9.83. The predicted molar refractivity (Wildman–Crippen MR) is 125 cm³/mol. The van der Waals surface area contributed by atoms with Crippen molar-refractivity contribution in [2.45, 2.75) is 51.5 Å². The number of carbonyl (C=O) groups is 2. The molecule has 0 aromatic heterocycles. The SMILES string of the molecule is CCN(CC)S(=O)(=O)c1ccc2c(c1)C[C@@H](C(=O)NCCc1ccc(C)cc1)N2C(C)=O. The van der Waals surface area contributed by atoms with E-state index < -0.39 is 16.1 Å². The van der Waals surface area contributed by atoms with Crippen molar-refractivity contribution >= 4 is 27.5 Å². The van der Waals surface area contributed by atoms with E-state index in [1.54, 1.807) is 26.0 Å². The minimum absolute atomic E-state index is 0.184. The van der Waals surface area contributed by atoms with Gasteiger partial charge in [-0.05, 0) is 42.7 Å². The van der Waals surface area contributed by atoms with E-state index in [0.717, 1.165) is 5.56 Å². The van der Waals surface area contributed by atoms with Crippen LogP contribution in [-0.2, 0) is 32.5 Å². The molecule has 0 spiro atoms. The van der Waals surface area contributed by atoms with Crippen LogP contribution in [0.3, 0.4) is 0 Å². The maximum atomic E-state index is 12.9. The highest BCUT2D eigenvalue weighted by molar-refractivity contribution is 7.89. The lowest BCUT2D eigenvalue weighted by Crippen LogP contribution is -2.47. The summed E-state index contributed by atoms with van der Waals surface area (Å²) in [5.74, 6) is -0.488. The smallest absolute Gasteiger partial charge is 0.243 e. The minimum Gasteiger partial charge on any atom is -0.354 e. The van der Waals surface area contributed by atoms with Gasteiger partial charge in [-0.1, -0.05) is 43.7 Å². The third-order valence-corrected chi connectivity index (χ3v) is 7.90. The Bertz CT molecular complexity index is 1090. The molecule has 2 aromatic rings. The van der Waals surface area contributed by atoms with Gasteiger partial charge in [0.15, 0.2) is 0 Å². The molecule has 1 aliphatic rings. The predicted octanol–water partition coefficient (Wildman–Crippen LogP) is 2.66. The summed E-state index contributed by atoms with van der Waals surface area (Å²) in [5, 5.41) is 2.93. The molecule has 3 rings (SSSR count). The van der Waals surface area contributed by atoms with Crippen LogP contribution in [0.4, 0.5) is 5.69 Å². The maximum Gasteiger partial charge on any atom is 0.243 e. The molecule has 8 heteroatoms. The van der Waals surface area contributed by atoms with Crippen molar-refractivity contribution in [3.8, 4) is 0 Å². The zero-order chi connectivity index (χ0) is 23.5. The van der Waals surface area contributed by atoms with Crippen LogP contribution in [0.1, 0.15) is 37.5 Å². The molecule has 0 bridgehead atoms. The zero-order valence-corrected chi connectivity index (χ0v) is 19.9. The van der Waals surface area contributed by atoms with Crippen LogP contribution in [0, 0.1) is 6.92 Å². The molecule has 0 aliphatic carbocycles. The van der Waals surface area contributed by atoms with Gasteiger partial charge in [-0.2, -0.15) is 4.31 Å². The van der Waals surface area contributed by atoms with E-state index in [-0.39, 0.29) is 23.1 Å². The zero-order valence-electron chi connectivity index (χ0n) is 19.1. The Kier molecular flexibility index (Phi) is 7.36. The van der Waals surface area contributed by atoms with Crippen LogP contribution < -0.4 is 10.2 Å². The van der Waals surface area contributed by atoms with E-state index in [4.69, 9.17) is 0 Å². The lowest BCUT2D eigenvalue weighted by molar-refractivity contribution is -0.125. The second-order valence-electron chi connectivity index (χ2n) is 8.02. The number of hydrogen-bond acceptors (Lipinski definition) is 4. The summed E-state index contributed by atoms with van der Waals surface area (Å²) in [6.07, 6.45) is 0.977. The monoisotopic (exact) mass is 457 g/mol. The average molecular weight is 458 g/mol. The number of rotatable bonds is 8. The molecule has 172 valence electrons. The lowest BCUT2D eigenvalue weighted by atomic mass is 10.1. The Hall–Kier alpha value is -2.71. The number of anilines is 1. The fourth-order valence-electron chi connectivity index (χ4n) is 4.10. The van der Waals surface area contributed by atoms with Crippen LogP contribution in [0.5, 0.6) is 0 Å². The van der Waals surface area contributed by atoms with Crippen molar-refractivity contribution in [1.29, 1.82) is 0 Å². The number of carbonyl (C=O) groups excluding carboxylic acids is 2. The van der Waals surface area contributed by atoms with E-state index >= 15 is 0 Å². The molecule has 0 radical (unpaired) electrons. The summed E-state index contributed by atoms with van der Waals surface area (Å²) in [5.41, 5.74) is 3.59. The molecule has 32 heavy (non-hydrogen) atoms. The molecule has 0 saturated carbocycles. The third kappa shape index (κ3) is 4.86. The number of nitrogens with one attached hydrogen (secondary N) is 1. The number of fused-ring (bicyclic) bond motifs is 1. The highest BCUT2D eigenvalue weighted by Crippen LogP contribution is 2.34. The first-order valence-electron chi connectivity index (χ1n) is 10.9. The molecule has 1 heterocycles. The first-order valence-corrected chi connectivity index (χ1v) is 12.4. The van der Waals surface area contributed by atoms with Gasteiger partial charge < -0.3 is 5.32 Å². The average Bonchev–Trinajstić information content (AvgIpc) is 3.15. The molecule has 1 aliphatic heterocycles. The number of benzene rings is 2. The van der Waals surface area contributed by atoms with Crippen LogP contribution in [0.15, 0.2) is 47.4 Å². The minimum atomic E-state index is -3.62. The van der Waals surface area contributed by atoms with Gasteiger partial charge in [0.25, 0.3) is 0 Å². The lowest BCUT2D eigenvalue weighted by Gasteiger charge is -2.23. The number of hydrogen-bond donors (Lipinski definition) is 1. The molecular weight excluding hydrogens is 426 g/mol.